The Kier molecular flexibility index (Phi) is 5.84. The molecular formula is C14H29N3O2S. The van der Waals surface area contributed by atoms with Gasteiger partial charge in [-0.2, -0.15) is 0 Å². The minimum Gasteiger partial charge on any atom is -0.328 e. The van der Waals surface area contributed by atoms with E-state index in [-0.39, 0.29) is 5.75 Å². The van der Waals surface area contributed by atoms with Crippen molar-refractivity contribution in [2.24, 2.45) is 5.73 Å². The van der Waals surface area contributed by atoms with Crippen molar-refractivity contribution in [2.45, 2.75) is 44.7 Å². The number of piperidine rings is 1. The van der Waals surface area contributed by atoms with Crippen LogP contribution in [0.1, 0.15) is 32.6 Å². The zero-order valence-corrected chi connectivity index (χ0v) is 13.4. The zero-order chi connectivity index (χ0) is 14.6. The first-order chi connectivity index (χ1) is 9.50. The summed E-state index contributed by atoms with van der Waals surface area (Å²) in [4.78, 5) is 5.00. The molecular weight excluding hydrogens is 274 g/mol. The van der Waals surface area contributed by atoms with Gasteiger partial charge in [0.05, 0.1) is 5.75 Å². The Morgan fingerprint density at radius 1 is 1.15 bits per heavy atom. The number of hydrogen-bond acceptors (Lipinski definition) is 5. The Morgan fingerprint density at radius 2 is 1.85 bits per heavy atom. The maximum atomic E-state index is 11.5. The first-order valence-corrected chi connectivity index (χ1v) is 9.74. The molecule has 1 unspecified atom stereocenters. The minimum atomic E-state index is -2.80. The minimum absolute atomic E-state index is 0.268. The lowest BCUT2D eigenvalue weighted by Crippen LogP contribution is -2.46. The summed E-state index contributed by atoms with van der Waals surface area (Å²) in [5, 5.41) is 0. The largest absolute Gasteiger partial charge is 0.328 e. The van der Waals surface area contributed by atoms with Crippen molar-refractivity contribution in [3.8, 4) is 0 Å². The van der Waals surface area contributed by atoms with Gasteiger partial charge >= 0.3 is 0 Å². The highest BCUT2D eigenvalue weighted by molar-refractivity contribution is 7.91. The van der Waals surface area contributed by atoms with Crippen LogP contribution in [0.3, 0.4) is 0 Å². The summed E-state index contributed by atoms with van der Waals surface area (Å²) >= 11 is 0. The Morgan fingerprint density at radius 3 is 2.50 bits per heavy atom. The Bertz CT molecular complexity index is 391. The molecule has 2 fully saturated rings. The molecule has 2 saturated heterocycles. The number of sulfone groups is 1. The molecule has 6 heteroatoms. The predicted molar refractivity (Wildman–Crippen MR) is 82.6 cm³/mol. The summed E-state index contributed by atoms with van der Waals surface area (Å²) < 4.78 is 23.0. The first kappa shape index (κ1) is 16.2. The van der Waals surface area contributed by atoms with Gasteiger partial charge in [0, 0.05) is 24.4 Å². The van der Waals surface area contributed by atoms with Crippen molar-refractivity contribution in [3.63, 3.8) is 0 Å². The number of hydrogen-bond donors (Lipinski definition) is 1. The predicted octanol–water partition coefficient (Wildman–Crippen LogP) is 0.309. The van der Waals surface area contributed by atoms with E-state index < -0.39 is 9.84 Å². The standard InChI is InChI=1S/C14H29N3O2S/c1-2-20(18,19)11-3-7-16-8-6-14(12-16)17-9-4-13(15)5-10-17/h13-14H,2-12,15H2,1H3. The van der Waals surface area contributed by atoms with Gasteiger partial charge in [0.2, 0.25) is 0 Å². The van der Waals surface area contributed by atoms with Crippen LogP contribution in [-0.4, -0.2) is 74.5 Å². The van der Waals surface area contributed by atoms with Gasteiger partial charge in [-0.3, -0.25) is 4.90 Å². The van der Waals surface area contributed by atoms with Crippen LogP contribution in [0, 0.1) is 0 Å². The molecule has 0 aliphatic carbocycles. The summed E-state index contributed by atoms with van der Waals surface area (Å²) in [6.07, 6.45) is 4.22. The molecule has 0 bridgehead atoms. The molecule has 0 radical (unpaired) electrons. The van der Waals surface area contributed by atoms with E-state index in [9.17, 15) is 8.42 Å². The maximum absolute atomic E-state index is 11.5. The van der Waals surface area contributed by atoms with Gasteiger partial charge in [0.15, 0.2) is 0 Å². The van der Waals surface area contributed by atoms with Gasteiger partial charge < -0.3 is 10.6 Å². The van der Waals surface area contributed by atoms with E-state index >= 15 is 0 Å². The number of likely N-dealkylation sites (tertiary alicyclic amines) is 2. The van der Waals surface area contributed by atoms with E-state index in [1.807, 2.05) is 0 Å². The Balaban J connectivity index is 1.67. The van der Waals surface area contributed by atoms with Crippen molar-refractivity contribution in [3.05, 3.63) is 0 Å². The van der Waals surface area contributed by atoms with Crippen molar-refractivity contribution in [1.82, 2.24) is 9.80 Å². The van der Waals surface area contributed by atoms with E-state index in [1.54, 1.807) is 6.92 Å². The van der Waals surface area contributed by atoms with E-state index in [1.165, 1.54) is 6.42 Å². The van der Waals surface area contributed by atoms with Crippen molar-refractivity contribution >= 4 is 9.84 Å². The Labute approximate surface area is 123 Å². The van der Waals surface area contributed by atoms with E-state index in [0.29, 0.717) is 17.8 Å². The molecule has 0 aromatic rings. The van der Waals surface area contributed by atoms with Crippen LogP contribution in [0.25, 0.3) is 0 Å². The third-order valence-electron chi connectivity index (χ3n) is 4.71. The van der Waals surface area contributed by atoms with Gasteiger partial charge in [0.25, 0.3) is 0 Å². The molecule has 0 aromatic heterocycles. The van der Waals surface area contributed by atoms with Crippen LogP contribution in [0.4, 0.5) is 0 Å². The molecule has 0 aromatic carbocycles. The highest BCUT2D eigenvalue weighted by atomic mass is 32.2. The summed E-state index contributed by atoms with van der Waals surface area (Å²) in [7, 11) is -2.80. The molecule has 2 heterocycles. The number of rotatable bonds is 6. The van der Waals surface area contributed by atoms with Gasteiger partial charge in [-0.25, -0.2) is 8.42 Å². The number of nitrogens with two attached hydrogens (primary N) is 1. The van der Waals surface area contributed by atoms with Gasteiger partial charge in [-0.1, -0.05) is 6.92 Å². The van der Waals surface area contributed by atoms with E-state index in [4.69, 9.17) is 5.73 Å². The SMILES string of the molecule is CCS(=O)(=O)CCCN1CCC(N2CCC(N)CC2)C1. The molecule has 0 spiro atoms. The molecule has 0 amide bonds. The summed E-state index contributed by atoms with van der Waals surface area (Å²) in [6.45, 7) is 7.11. The number of nitrogens with zero attached hydrogens (tertiary/aromatic N) is 2. The van der Waals surface area contributed by atoms with Crippen molar-refractivity contribution in [1.29, 1.82) is 0 Å². The van der Waals surface area contributed by atoms with Crippen LogP contribution >= 0.6 is 0 Å². The van der Waals surface area contributed by atoms with E-state index in [2.05, 4.69) is 9.80 Å². The molecule has 118 valence electrons. The third kappa shape index (κ3) is 4.69. The van der Waals surface area contributed by atoms with Gasteiger partial charge in [-0.15, -0.1) is 0 Å². The van der Waals surface area contributed by atoms with Crippen LogP contribution in [0.15, 0.2) is 0 Å². The smallest absolute Gasteiger partial charge is 0.150 e. The molecule has 2 N–H and O–H groups in total. The van der Waals surface area contributed by atoms with Gasteiger partial charge in [-0.05, 0) is 51.9 Å². The second kappa shape index (κ2) is 7.20. The zero-order valence-electron chi connectivity index (χ0n) is 12.6. The van der Waals surface area contributed by atoms with Crippen LogP contribution < -0.4 is 5.73 Å². The van der Waals surface area contributed by atoms with Gasteiger partial charge in [0.1, 0.15) is 9.84 Å². The summed E-state index contributed by atoms with van der Waals surface area (Å²) in [5.74, 6) is 0.604. The monoisotopic (exact) mass is 303 g/mol. The average Bonchev–Trinajstić information content (AvgIpc) is 2.88. The quantitative estimate of drug-likeness (QED) is 0.765. The molecule has 0 saturated carbocycles. The lowest BCUT2D eigenvalue weighted by Gasteiger charge is -2.34. The highest BCUT2D eigenvalue weighted by Gasteiger charge is 2.29. The fraction of sp³-hybridized carbons (Fsp3) is 1.00. The van der Waals surface area contributed by atoms with Crippen molar-refractivity contribution in [2.75, 3.05) is 44.2 Å². The topological polar surface area (TPSA) is 66.6 Å². The molecule has 2 aliphatic rings. The van der Waals surface area contributed by atoms with Crippen LogP contribution in [-0.2, 0) is 9.84 Å². The first-order valence-electron chi connectivity index (χ1n) is 7.92. The molecule has 20 heavy (non-hydrogen) atoms. The Hall–Kier alpha value is -0.170. The summed E-state index contributed by atoms with van der Waals surface area (Å²) in [6, 6.07) is 1.05. The maximum Gasteiger partial charge on any atom is 0.150 e. The van der Waals surface area contributed by atoms with Crippen molar-refractivity contribution < 1.29 is 8.42 Å². The lowest BCUT2D eigenvalue weighted by atomic mass is 10.0. The third-order valence-corrected chi connectivity index (χ3v) is 6.50. The highest BCUT2D eigenvalue weighted by Crippen LogP contribution is 2.20. The normalized spacial score (nSPS) is 27.2. The molecule has 2 aliphatic heterocycles. The van der Waals surface area contributed by atoms with E-state index in [0.717, 1.165) is 52.0 Å². The second-order valence-corrected chi connectivity index (χ2v) is 8.68. The molecule has 5 nitrogen and oxygen atoms in total. The molecule has 1 atom stereocenters. The fourth-order valence-corrected chi connectivity index (χ4v) is 4.11. The lowest BCUT2D eigenvalue weighted by molar-refractivity contribution is 0.152. The second-order valence-electron chi connectivity index (χ2n) is 6.21. The summed E-state index contributed by atoms with van der Waals surface area (Å²) in [5.41, 5.74) is 5.95. The molecule has 2 rings (SSSR count). The van der Waals surface area contributed by atoms with Crippen LogP contribution in [0.2, 0.25) is 0 Å². The fourth-order valence-electron chi connectivity index (χ4n) is 3.25. The average molecular weight is 303 g/mol. The van der Waals surface area contributed by atoms with Crippen LogP contribution in [0.5, 0.6) is 0 Å².